The highest BCUT2D eigenvalue weighted by Gasteiger charge is 2.31. The third-order valence-corrected chi connectivity index (χ3v) is 3.16. The van der Waals surface area contributed by atoms with E-state index in [2.05, 4.69) is 5.32 Å². The summed E-state index contributed by atoms with van der Waals surface area (Å²) in [6.07, 6.45) is -3.31. The lowest BCUT2D eigenvalue weighted by molar-refractivity contribution is -0.137. The first kappa shape index (κ1) is 12.2. The van der Waals surface area contributed by atoms with E-state index in [-0.39, 0.29) is 6.04 Å². The van der Waals surface area contributed by atoms with Crippen molar-refractivity contribution in [3.63, 3.8) is 0 Å². The number of rotatable bonds is 2. The maximum Gasteiger partial charge on any atom is 0.416 e. The second-order valence-corrected chi connectivity index (χ2v) is 4.31. The first-order valence-electron chi connectivity index (χ1n) is 5.59. The molecule has 17 heavy (non-hydrogen) atoms. The second kappa shape index (κ2) is 4.56. The predicted molar refractivity (Wildman–Crippen MR) is 61.1 cm³/mol. The zero-order chi connectivity index (χ0) is 12.5. The van der Waals surface area contributed by atoms with Gasteiger partial charge in [-0.2, -0.15) is 13.2 Å². The van der Waals surface area contributed by atoms with Gasteiger partial charge in [0.15, 0.2) is 0 Å². The average Bonchev–Trinajstić information content (AvgIpc) is 2.80. The van der Waals surface area contributed by atoms with E-state index in [0.29, 0.717) is 5.69 Å². The fourth-order valence-corrected chi connectivity index (χ4v) is 2.08. The van der Waals surface area contributed by atoms with Gasteiger partial charge in [0.1, 0.15) is 0 Å². The Bertz CT molecular complexity index is 384. The van der Waals surface area contributed by atoms with Gasteiger partial charge in [0, 0.05) is 25.3 Å². The molecule has 5 heteroatoms. The van der Waals surface area contributed by atoms with Crippen LogP contribution < -0.4 is 10.2 Å². The molecule has 0 aromatic heterocycles. The van der Waals surface area contributed by atoms with Crippen molar-refractivity contribution in [1.29, 1.82) is 0 Å². The van der Waals surface area contributed by atoms with Gasteiger partial charge in [-0.3, -0.25) is 0 Å². The van der Waals surface area contributed by atoms with Crippen LogP contribution >= 0.6 is 0 Å². The third-order valence-electron chi connectivity index (χ3n) is 3.16. The van der Waals surface area contributed by atoms with Crippen molar-refractivity contribution >= 4 is 5.69 Å². The van der Waals surface area contributed by atoms with Gasteiger partial charge in [-0.1, -0.05) is 6.07 Å². The van der Waals surface area contributed by atoms with Crippen molar-refractivity contribution in [3.8, 4) is 0 Å². The molecule has 1 saturated heterocycles. The van der Waals surface area contributed by atoms with Crippen LogP contribution in [0.5, 0.6) is 0 Å². The van der Waals surface area contributed by atoms with E-state index in [4.69, 9.17) is 0 Å². The van der Waals surface area contributed by atoms with Gasteiger partial charge in [-0.25, -0.2) is 0 Å². The number of nitrogens with zero attached hydrogens (tertiary/aromatic N) is 1. The smallest absolute Gasteiger partial charge is 0.370 e. The van der Waals surface area contributed by atoms with Crippen LogP contribution in [0, 0.1) is 0 Å². The van der Waals surface area contributed by atoms with Crippen LogP contribution in [-0.2, 0) is 6.18 Å². The van der Waals surface area contributed by atoms with Gasteiger partial charge in [-0.15, -0.1) is 0 Å². The number of hydrogen-bond acceptors (Lipinski definition) is 2. The van der Waals surface area contributed by atoms with Gasteiger partial charge in [0.05, 0.1) is 5.56 Å². The summed E-state index contributed by atoms with van der Waals surface area (Å²) in [5, 5.41) is 3.20. The molecule has 1 aromatic carbocycles. The monoisotopic (exact) mass is 244 g/mol. The molecule has 1 aliphatic heterocycles. The average molecular weight is 244 g/mol. The molecule has 1 unspecified atom stereocenters. The molecule has 0 radical (unpaired) electrons. The maximum atomic E-state index is 12.6. The first-order valence-corrected chi connectivity index (χ1v) is 5.59. The van der Waals surface area contributed by atoms with E-state index in [1.54, 1.807) is 6.07 Å². The van der Waals surface area contributed by atoms with Crippen LogP contribution in [0.1, 0.15) is 12.0 Å². The number of nitrogens with one attached hydrogen (secondary N) is 1. The Balaban J connectivity index is 2.20. The highest BCUT2D eigenvalue weighted by Crippen LogP contribution is 2.32. The van der Waals surface area contributed by atoms with Crippen molar-refractivity contribution in [3.05, 3.63) is 29.8 Å². The highest BCUT2D eigenvalue weighted by molar-refractivity contribution is 5.49. The Morgan fingerprint density at radius 2 is 2.12 bits per heavy atom. The molecule has 2 nitrogen and oxygen atoms in total. The summed E-state index contributed by atoms with van der Waals surface area (Å²) in [4.78, 5) is 1.91. The number of anilines is 1. The van der Waals surface area contributed by atoms with Crippen LogP contribution in [0.15, 0.2) is 24.3 Å². The first-order chi connectivity index (χ1) is 7.98. The molecule has 0 aliphatic carbocycles. The van der Waals surface area contributed by atoms with E-state index in [1.807, 2.05) is 11.9 Å². The SMILES string of the molecule is CN(c1cccc(C(F)(F)F)c1)C1CCNC1. The van der Waals surface area contributed by atoms with Crippen LogP contribution in [-0.4, -0.2) is 26.2 Å². The fraction of sp³-hybridized carbons (Fsp3) is 0.500. The number of likely N-dealkylation sites (N-methyl/N-ethyl adjacent to an activating group) is 1. The second-order valence-electron chi connectivity index (χ2n) is 4.31. The van der Waals surface area contributed by atoms with Crippen molar-refractivity contribution < 1.29 is 13.2 Å². The summed E-state index contributed by atoms with van der Waals surface area (Å²) < 4.78 is 37.7. The Kier molecular flexibility index (Phi) is 3.28. The Hall–Kier alpha value is -1.23. The standard InChI is InChI=1S/C12H15F3N2/c1-17(11-5-6-16-8-11)10-4-2-3-9(7-10)12(13,14)15/h2-4,7,11,16H,5-6,8H2,1H3. The van der Waals surface area contributed by atoms with Crippen molar-refractivity contribution in [1.82, 2.24) is 5.32 Å². The normalized spacial score (nSPS) is 20.6. The van der Waals surface area contributed by atoms with Crippen LogP contribution in [0.2, 0.25) is 0 Å². The molecular weight excluding hydrogens is 229 g/mol. The van der Waals surface area contributed by atoms with Crippen LogP contribution in [0.3, 0.4) is 0 Å². The van der Waals surface area contributed by atoms with E-state index in [1.165, 1.54) is 12.1 Å². The number of hydrogen-bond donors (Lipinski definition) is 1. The summed E-state index contributed by atoms with van der Waals surface area (Å²) >= 11 is 0. The van der Waals surface area contributed by atoms with E-state index < -0.39 is 11.7 Å². The molecule has 0 bridgehead atoms. The number of alkyl halides is 3. The largest absolute Gasteiger partial charge is 0.416 e. The number of benzene rings is 1. The predicted octanol–water partition coefficient (Wildman–Crippen LogP) is 2.50. The van der Waals surface area contributed by atoms with Gasteiger partial charge in [0.25, 0.3) is 0 Å². The number of halogens is 3. The quantitative estimate of drug-likeness (QED) is 0.860. The summed E-state index contributed by atoms with van der Waals surface area (Å²) in [6.45, 7) is 1.75. The fourth-order valence-electron chi connectivity index (χ4n) is 2.08. The molecule has 2 rings (SSSR count). The summed E-state index contributed by atoms with van der Waals surface area (Å²) in [6, 6.07) is 5.76. The van der Waals surface area contributed by atoms with Crippen molar-refractivity contribution in [2.45, 2.75) is 18.6 Å². The zero-order valence-electron chi connectivity index (χ0n) is 9.59. The molecular formula is C12H15F3N2. The Morgan fingerprint density at radius 1 is 1.35 bits per heavy atom. The summed E-state index contributed by atoms with van der Waals surface area (Å²) in [7, 11) is 1.84. The van der Waals surface area contributed by atoms with Gasteiger partial charge >= 0.3 is 6.18 Å². The minimum Gasteiger partial charge on any atom is -0.370 e. The van der Waals surface area contributed by atoms with Gasteiger partial charge < -0.3 is 10.2 Å². The molecule has 1 aromatic rings. The molecule has 0 amide bonds. The lowest BCUT2D eigenvalue weighted by atomic mass is 10.1. The lowest BCUT2D eigenvalue weighted by Crippen LogP contribution is -2.33. The minimum absolute atomic E-state index is 0.276. The molecule has 1 heterocycles. The topological polar surface area (TPSA) is 15.3 Å². The zero-order valence-corrected chi connectivity index (χ0v) is 9.59. The molecule has 1 N–H and O–H groups in total. The van der Waals surface area contributed by atoms with Crippen LogP contribution in [0.25, 0.3) is 0 Å². The maximum absolute atomic E-state index is 12.6. The Labute approximate surface area is 98.4 Å². The lowest BCUT2D eigenvalue weighted by Gasteiger charge is -2.26. The van der Waals surface area contributed by atoms with E-state index in [0.717, 1.165) is 25.6 Å². The van der Waals surface area contributed by atoms with E-state index in [9.17, 15) is 13.2 Å². The summed E-state index contributed by atoms with van der Waals surface area (Å²) in [5.74, 6) is 0. The van der Waals surface area contributed by atoms with Crippen LogP contribution in [0.4, 0.5) is 18.9 Å². The molecule has 1 atom stereocenters. The molecule has 0 spiro atoms. The third kappa shape index (κ3) is 2.72. The summed E-state index contributed by atoms with van der Waals surface area (Å²) in [5.41, 5.74) is 0.0290. The van der Waals surface area contributed by atoms with Crippen molar-refractivity contribution in [2.75, 3.05) is 25.0 Å². The molecule has 1 fully saturated rings. The van der Waals surface area contributed by atoms with Gasteiger partial charge in [0.2, 0.25) is 0 Å². The molecule has 94 valence electrons. The van der Waals surface area contributed by atoms with Gasteiger partial charge in [-0.05, 0) is 31.2 Å². The Morgan fingerprint density at radius 3 is 2.71 bits per heavy atom. The molecule has 1 aliphatic rings. The van der Waals surface area contributed by atoms with E-state index >= 15 is 0 Å². The minimum atomic E-state index is -4.27. The molecule has 0 saturated carbocycles. The highest BCUT2D eigenvalue weighted by atomic mass is 19.4. The van der Waals surface area contributed by atoms with Crippen molar-refractivity contribution in [2.24, 2.45) is 0 Å².